The zero-order chi connectivity index (χ0) is 20.3. The van der Waals surface area contributed by atoms with Crippen LogP contribution in [0, 0.1) is 0 Å². The van der Waals surface area contributed by atoms with Gasteiger partial charge in [0.15, 0.2) is 0 Å². The van der Waals surface area contributed by atoms with Gasteiger partial charge in [0, 0.05) is 21.7 Å². The molecular formula is C23H23ClN2O2. The molecule has 28 heavy (non-hydrogen) atoms. The molecule has 0 aliphatic carbocycles. The van der Waals surface area contributed by atoms with Gasteiger partial charge in [0.2, 0.25) is 5.88 Å². The normalized spacial score (nSPS) is 11.2. The first-order valence-corrected chi connectivity index (χ1v) is 9.39. The molecule has 0 radical (unpaired) electrons. The second-order valence-corrected chi connectivity index (χ2v) is 7.95. The number of hydrogen-bond donors (Lipinski definition) is 1. The lowest BCUT2D eigenvalue weighted by molar-refractivity contribution is 0.0916. The molecule has 0 fully saturated rings. The fourth-order valence-electron chi connectivity index (χ4n) is 2.89. The van der Waals surface area contributed by atoms with Gasteiger partial charge in [0.1, 0.15) is 5.56 Å². The highest BCUT2D eigenvalue weighted by Crippen LogP contribution is 2.35. The summed E-state index contributed by atoms with van der Waals surface area (Å²) in [7, 11) is 1.52. The van der Waals surface area contributed by atoms with Crippen molar-refractivity contribution in [3.05, 3.63) is 71.2 Å². The van der Waals surface area contributed by atoms with E-state index in [1.165, 1.54) is 7.11 Å². The molecule has 0 aliphatic heterocycles. The lowest BCUT2D eigenvalue weighted by Gasteiger charge is -2.22. The number of nitrogens with one attached hydrogen (secondary N) is 1. The maximum Gasteiger partial charge on any atom is 0.257 e. The van der Waals surface area contributed by atoms with Crippen LogP contribution in [-0.4, -0.2) is 23.5 Å². The van der Waals surface area contributed by atoms with Gasteiger partial charge in [0.05, 0.1) is 12.8 Å². The maximum atomic E-state index is 12.9. The van der Waals surface area contributed by atoms with E-state index in [-0.39, 0.29) is 17.3 Å². The fraction of sp³-hybridized carbons (Fsp3) is 0.217. The summed E-state index contributed by atoms with van der Waals surface area (Å²) in [6.07, 6.45) is 0. The minimum Gasteiger partial charge on any atom is -0.480 e. The Bertz CT molecular complexity index is 978. The van der Waals surface area contributed by atoms with Gasteiger partial charge in [-0.1, -0.05) is 54.1 Å². The molecule has 5 heteroatoms. The van der Waals surface area contributed by atoms with Crippen molar-refractivity contribution in [2.75, 3.05) is 7.11 Å². The molecular weight excluding hydrogens is 372 g/mol. The zero-order valence-electron chi connectivity index (χ0n) is 16.4. The van der Waals surface area contributed by atoms with Crippen molar-refractivity contribution in [1.29, 1.82) is 0 Å². The summed E-state index contributed by atoms with van der Waals surface area (Å²) in [6.45, 7) is 5.81. The van der Waals surface area contributed by atoms with Crippen LogP contribution in [0.1, 0.15) is 31.1 Å². The molecule has 3 aromatic rings. The molecule has 0 atom stereocenters. The Labute approximate surface area is 170 Å². The van der Waals surface area contributed by atoms with E-state index in [9.17, 15) is 4.79 Å². The van der Waals surface area contributed by atoms with Crippen LogP contribution in [0.3, 0.4) is 0 Å². The third kappa shape index (κ3) is 4.52. The van der Waals surface area contributed by atoms with E-state index < -0.39 is 0 Å². The van der Waals surface area contributed by atoms with Crippen LogP contribution in [0.25, 0.3) is 22.4 Å². The second-order valence-electron chi connectivity index (χ2n) is 7.52. The summed E-state index contributed by atoms with van der Waals surface area (Å²) in [4.78, 5) is 17.6. The lowest BCUT2D eigenvalue weighted by Crippen LogP contribution is -2.40. The van der Waals surface area contributed by atoms with E-state index in [0.717, 1.165) is 22.4 Å². The average Bonchev–Trinajstić information content (AvgIpc) is 2.67. The summed E-state index contributed by atoms with van der Waals surface area (Å²) in [6, 6.07) is 19.2. The van der Waals surface area contributed by atoms with Gasteiger partial charge in [-0.25, -0.2) is 4.98 Å². The Morgan fingerprint density at radius 2 is 1.64 bits per heavy atom. The number of benzene rings is 2. The number of carbonyl (C=O) groups excluding carboxylic acids is 1. The third-order valence-corrected chi connectivity index (χ3v) is 4.37. The van der Waals surface area contributed by atoms with Crippen LogP contribution in [0.2, 0.25) is 5.02 Å². The van der Waals surface area contributed by atoms with Gasteiger partial charge in [-0.05, 0) is 44.5 Å². The zero-order valence-corrected chi connectivity index (χ0v) is 17.2. The highest BCUT2D eigenvalue weighted by atomic mass is 35.5. The van der Waals surface area contributed by atoms with E-state index in [4.69, 9.17) is 21.3 Å². The minimum absolute atomic E-state index is 0.225. The van der Waals surface area contributed by atoms with Crippen LogP contribution < -0.4 is 10.1 Å². The summed E-state index contributed by atoms with van der Waals surface area (Å²) < 4.78 is 5.46. The molecule has 0 aliphatic rings. The van der Waals surface area contributed by atoms with Crippen molar-refractivity contribution in [2.24, 2.45) is 0 Å². The Hall–Kier alpha value is -2.85. The first-order chi connectivity index (χ1) is 13.3. The number of carbonyl (C=O) groups is 1. The first-order valence-electron chi connectivity index (χ1n) is 9.01. The van der Waals surface area contributed by atoms with Crippen LogP contribution in [0.15, 0.2) is 60.7 Å². The minimum atomic E-state index is -0.371. The molecule has 0 saturated heterocycles. The van der Waals surface area contributed by atoms with Crippen molar-refractivity contribution in [3.8, 4) is 28.3 Å². The number of rotatable bonds is 4. The molecule has 3 rings (SSSR count). The van der Waals surface area contributed by atoms with Crippen molar-refractivity contribution >= 4 is 17.5 Å². The standard InChI is InChI=1S/C23H23ClN2O2/c1-23(2,3)26-21(27)19-14-18(15-8-6-5-7-9-15)20(25-22(19)28-4)16-10-12-17(24)13-11-16/h5-14H,1-4H3,(H,26,27). The fourth-order valence-corrected chi connectivity index (χ4v) is 3.01. The van der Waals surface area contributed by atoms with E-state index >= 15 is 0 Å². The van der Waals surface area contributed by atoms with E-state index in [1.807, 2.05) is 81.4 Å². The van der Waals surface area contributed by atoms with Crippen molar-refractivity contribution in [3.63, 3.8) is 0 Å². The molecule has 1 heterocycles. The number of methoxy groups -OCH3 is 1. The van der Waals surface area contributed by atoms with Crippen LogP contribution >= 0.6 is 11.6 Å². The van der Waals surface area contributed by atoms with Gasteiger partial charge < -0.3 is 10.1 Å². The number of aromatic nitrogens is 1. The van der Waals surface area contributed by atoms with E-state index in [0.29, 0.717) is 10.6 Å². The second kappa shape index (κ2) is 8.03. The molecule has 0 bridgehead atoms. The largest absolute Gasteiger partial charge is 0.480 e. The highest BCUT2D eigenvalue weighted by Gasteiger charge is 2.23. The molecule has 1 aromatic heterocycles. The molecule has 4 nitrogen and oxygen atoms in total. The molecule has 1 amide bonds. The van der Waals surface area contributed by atoms with Gasteiger partial charge in [0.25, 0.3) is 5.91 Å². The van der Waals surface area contributed by atoms with Gasteiger partial charge in [-0.15, -0.1) is 0 Å². The Morgan fingerprint density at radius 3 is 2.21 bits per heavy atom. The molecule has 144 valence electrons. The summed E-state index contributed by atoms with van der Waals surface area (Å²) >= 11 is 6.04. The van der Waals surface area contributed by atoms with E-state index in [1.54, 1.807) is 0 Å². The van der Waals surface area contributed by atoms with E-state index in [2.05, 4.69) is 5.32 Å². The summed E-state index contributed by atoms with van der Waals surface area (Å²) in [5, 5.41) is 3.63. The van der Waals surface area contributed by atoms with Crippen molar-refractivity contribution < 1.29 is 9.53 Å². The Morgan fingerprint density at radius 1 is 1.00 bits per heavy atom. The number of ether oxygens (including phenoxy) is 1. The van der Waals surface area contributed by atoms with Gasteiger partial charge >= 0.3 is 0 Å². The molecule has 2 aromatic carbocycles. The van der Waals surface area contributed by atoms with Crippen LogP contribution in [0.4, 0.5) is 0 Å². The first kappa shape index (κ1) is 19.9. The SMILES string of the molecule is COc1nc(-c2ccc(Cl)cc2)c(-c2ccccc2)cc1C(=O)NC(C)(C)C. The van der Waals surface area contributed by atoms with Crippen LogP contribution in [-0.2, 0) is 0 Å². The Balaban J connectivity index is 2.22. The monoisotopic (exact) mass is 394 g/mol. The molecule has 1 N–H and O–H groups in total. The number of halogens is 1. The van der Waals surface area contributed by atoms with Crippen molar-refractivity contribution in [2.45, 2.75) is 26.3 Å². The number of pyridine rings is 1. The average molecular weight is 395 g/mol. The predicted molar refractivity (Wildman–Crippen MR) is 114 cm³/mol. The number of nitrogens with zero attached hydrogens (tertiary/aromatic N) is 1. The molecule has 0 spiro atoms. The summed E-state index contributed by atoms with van der Waals surface area (Å²) in [5.41, 5.74) is 3.46. The number of hydrogen-bond acceptors (Lipinski definition) is 3. The highest BCUT2D eigenvalue weighted by molar-refractivity contribution is 6.30. The third-order valence-electron chi connectivity index (χ3n) is 4.12. The smallest absolute Gasteiger partial charge is 0.257 e. The quantitative estimate of drug-likeness (QED) is 0.626. The molecule has 0 unspecified atom stereocenters. The predicted octanol–water partition coefficient (Wildman–Crippen LogP) is 5.61. The Kier molecular flexibility index (Phi) is 5.71. The number of amides is 1. The molecule has 0 saturated carbocycles. The van der Waals surface area contributed by atoms with Crippen molar-refractivity contribution in [1.82, 2.24) is 10.3 Å². The van der Waals surface area contributed by atoms with Gasteiger partial charge in [-0.2, -0.15) is 0 Å². The lowest BCUT2D eigenvalue weighted by atomic mass is 9.97. The van der Waals surface area contributed by atoms with Crippen LogP contribution in [0.5, 0.6) is 5.88 Å². The maximum absolute atomic E-state index is 12.9. The topological polar surface area (TPSA) is 51.2 Å². The summed E-state index contributed by atoms with van der Waals surface area (Å²) in [5.74, 6) is 0.0584. The van der Waals surface area contributed by atoms with Gasteiger partial charge in [-0.3, -0.25) is 4.79 Å².